The summed E-state index contributed by atoms with van der Waals surface area (Å²) in [6.07, 6.45) is 4.64. The van der Waals surface area contributed by atoms with Crippen molar-refractivity contribution in [1.82, 2.24) is 0 Å². The van der Waals surface area contributed by atoms with Crippen LogP contribution in [0, 0.1) is 0 Å². The number of hydrogen-bond donors (Lipinski definition) is 0. The maximum Gasteiger partial charge on any atom is 0.114 e. The van der Waals surface area contributed by atoms with Gasteiger partial charge in [0.2, 0.25) is 0 Å². The lowest BCUT2D eigenvalue weighted by atomic mass is 9.88. The molecule has 0 aromatic heterocycles. The highest BCUT2D eigenvalue weighted by Gasteiger charge is 2.57. The van der Waals surface area contributed by atoms with E-state index in [1.807, 2.05) is 23.5 Å². The Morgan fingerprint density at radius 2 is 1.04 bits per heavy atom. The van der Waals surface area contributed by atoms with Crippen molar-refractivity contribution in [2.45, 2.75) is 47.7 Å². The molecular weight excluding hydrogens is 417 g/mol. The normalized spacial score (nSPS) is 25.4. The fraction of sp³-hybridized carbons (Fsp3) is 0.500. The first-order valence-electron chi connectivity index (χ1n) is 10.0. The third-order valence-corrected chi connectivity index (χ3v) is 12.9. The van der Waals surface area contributed by atoms with Crippen LogP contribution in [-0.4, -0.2) is 24.0 Å². The van der Waals surface area contributed by atoms with Crippen molar-refractivity contribution in [2.75, 3.05) is 24.0 Å². The summed E-state index contributed by atoms with van der Waals surface area (Å²) in [5.41, 5.74) is 6.02. The second-order valence-corrected chi connectivity index (χ2v) is 13.0. The van der Waals surface area contributed by atoms with E-state index in [-0.39, 0.29) is 8.16 Å². The summed E-state index contributed by atoms with van der Waals surface area (Å²) in [7, 11) is 0. The van der Waals surface area contributed by atoms with Crippen LogP contribution in [0.2, 0.25) is 0 Å². The van der Waals surface area contributed by atoms with Gasteiger partial charge in [-0.2, -0.15) is 0 Å². The van der Waals surface area contributed by atoms with Gasteiger partial charge in [-0.05, 0) is 46.6 Å². The number of rotatable bonds is 6. The molecule has 1 saturated heterocycles. The van der Waals surface area contributed by atoms with Crippen molar-refractivity contribution in [3.63, 3.8) is 0 Å². The van der Waals surface area contributed by atoms with Crippen LogP contribution in [0.3, 0.4) is 0 Å². The average Bonchev–Trinajstić information content (AvgIpc) is 2.73. The largest absolute Gasteiger partial charge is 0.140 e. The molecule has 1 fully saturated rings. The predicted octanol–water partition coefficient (Wildman–Crippen LogP) is 8.15. The lowest BCUT2D eigenvalue weighted by Crippen LogP contribution is -2.44. The lowest BCUT2D eigenvalue weighted by molar-refractivity contribution is 0.725. The predicted molar refractivity (Wildman–Crippen MR) is 136 cm³/mol. The molecule has 0 aliphatic carbocycles. The molecule has 1 aliphatic heterocycles. The Hall–Kier alpha value is -0.160. The van der Waals surface area contributed by atoms with Crippen LogP contribution in [0.15, 0.2) is 48.5 Å². The molecule has 0 N–H and O–H groups in total. The van der Waals surface area contributed by atoms with Crippen LogP contribution < -0.4 is 0 Å². The van der Waals surface area contributed by atoms with Crippen LogP contribution in [0.1, 0.15) is 61.8 Å². The molecule has 2 aromatic carbocycles. The molecule has 0 nitrogen and oxygen atoms in total. The van der Waals surface area contributed by atoms with Gasteiger partial charge in [0, 0.05) is 11.5 Å². The van der Waals surface area contributed by atoms with Crippen molar-refractivity contribution < 1.29 is 0 Å². The lowest BCUT2D eigenvalue weighted by Gasteiger charge is -2.53. The minimum atomic E-state index is -0.0127. The van der Waals surface area contributed by atoms with E-state index in [0.29, 0.717) is 11.8 Å². The maximum absolute atomic E-state index is 2.40. The Labute approximate surface area is 188 Å². The van der Waals surface area contributed by atoms with E-state index >= 15 is 0 Å². The first kappa shape index (κ1) is 22.5. The van der Waals surface area contributed by atoms with E-state index in [4.69, 9.17) is 0 Å². The van der Waals surface area contributed by atoms with Crippen molar-refractivity contribution in [2.24, 2.45) is 0 Å². The zero-order valence-corrected chi connectivity index (χ0v) is 21.1. The number of hydrogen-bond acceptors (Lipinski definition) is 4. The van der Waals surface area contributed by atoms with Crippen molar-refractivity contribution in [3.05, 3.63) is 70.8 Å². The van der Waals surface area contributed by atoms with Crippen LogP contribution in [0.25, 0.3) is 0 Å². The van der Waals surface area contributed by atoms with Gasteiger partial charge in [0.05, 0.1) is 0 Å². The monoisotopic (exact) mass is 448 g/mol. The van der Waals surface area contributed by atoms with Gasteiger partial charge in [0.25, 0.3) is 0 Å². The average molecular weight is 449 g/mol. The standard InChI is InChI=1S/C24H32S4/c1-17(2)19-11-7-9-13-21(19)23(25-5)24(26-6,28-16-15-27-23)22-14-10-8-12-20(22)18(3)4/h7-14,17-18H,15-16H2,1-6H3/t23-,24+. The third-order valence-electron chi connectivity index (χ3n) is 5.58. The fourth-order valence-electron chi connectivity index (χ4n) is 4.28. The Morgan fingerprint density at radius 3 is 1.36 bits per heavy atom. The molecule has 0 amide bonds. The summed E-state index contributed by atoms with van der Waals surface area (Å²) in [5.74, 6) is 3.44. The molecule has 0 bridgehead atoms. The molecule has 3 rings (SSSR count). The summed E-state index contributed by atoms with van der Waals surface area (Å²) in [4.78, 5) is 0. The highest BCUT2D eigenvalue weighted by atomic mass is 32.2. The summed E-state index contributed by atoms with van der Waals surface area (Å²) < 4.78 is -0.0254. The van der Waals surface area contributed by atoms with Gasteiger partial charge in [-0.1, -0.05) is 76.2 Å². The minimum Gasteiger partial charge on any atom is -0.140 e. The Bertz CT molecular complexity index is 733. The van der Waals surface area contributed by atoms with Gasteiger partial charge in [-0.15, -0.1) is 47.0 Å². The summed E-state index contributed by atoms with van der Waals surface area (Å²) >= 11 is 8.42. The summed E-state index contributed by atoms with van der Waals surface area (Å²) in [6.45, 7) is 9.32. The van der Waals surface area contributed by atoms with Crippen molar-refractivity contribution >= 4 is 47.0 Å². The van der Waals surface area contributed by atoms with Gasteiger partial charge in [-0.25, -0.2) is 0 Å². The second-order valence-electron chi connectivity index (χ2n) is 7.82. The maximum atomic E-state index is 2.40. The number of benzene rings is 2. The summed E-state index contributed by atoms with van der Waals surface area (Å²) in [6, 6.07) is 18.4. The van der Waals surface area contributed by atoms with Gasteiger partial charge in [0.1, 0.15) is 8.16 Å². The molecule has 0 unspecified atom stereocenters. The molecule has 0 spiro atoms. The Morgan fingerprint density at radius 1 is 0.679 bits per heavy atom. The van der Waals surface area contributed by atoms with E-state index in [2.05, 4.69) is 112 Å². The number of thioether (sulfide) groups is 4. The SMILES string of the molecule is CS[C@@]1(c2ccccc2C(C)C)SCCS[C@]1(SC)c1ccccc1C(C)C. The van der Waals surface area contributed by atoms with Crippen LogP contribution in [0.5, 0.6) is 0 Å². The highest BCUT2D eigenvalue weighted by Crippen LogP contribution is 2.70. The molecule has 2 atom stereocenters. The van der Waals surface area contributed by atoms with Crippen molar-refractivity contribution in [1.29, 1.82) is 0 Å². The first-order chi connectivity index (χ1) is 13.4. The van der Waals surface area contributed by atoms with Crippen LogP contribution >= 0.6 is 47.0 Å². The topological polar surface area (TPSA) is 0 Å². The van der Waals surface area contributed by atoms with Crippen LogP contribution in [-0.2, 0) is 8.16 Å². The van der Waals surface area contributed by atoms with Gasteiger partial charge in [-0.3, -0.25) is 0 Å². The molecule has 0 radical (unpaired) electrons. The Balaban J connectivity index is 2.34. The molecule has 0 saturated carbocycles. The van der Waals surface area contributed by atoms with E-state index in [9.17, 15) is 0 Å². The second kappa shape index (κ2) is 9.32. The molecular formula is C24H32S4. The summed E-state index contributed by atoms with van der Waals surface area (Å²) in [5, 5.41) is 0. The molecule has 152 valence electrons. The van der Waals surface area contributed by atoms with Crippen LogP contribution in [0.4, 0.5) is 0 Å². The smallest absolute Gasteiger partial charge is 0.114 e. The Kier molecular flexibility index (Phi) is 7.50. The fourth-order valence-corrected chi connectivity index (χ4v) is 11.5. The van der Waals surface area contributed by atoms with E-state index < -0.39 is 0 Å². The van der Waals surface area contributed by atoms with E-state index in [0.717, 1.165) is 0 Å². The molecule has 1 heterocycles. The quantitative estimate of drug-likeness (QED) is 0.437. The van der Waals surface area contributed by atoms with E-state index in [1.54, 1.807) is 0 Å². The third kappa shape index (κ3) is 3.68. The first-order valence-corrected chi connectivity index (χ1v) is 14.4. The highest BCUT2D eigenvalue weighted by molar-refractivity contribution is 8.25. The zero-order valence-electron chi connectivity index (χ0n) is 17.8. The minimum absolute atomic E-state index is 0.0127. The van der Waals surface area contributed by atoms with Crippen molar-refractivity contribution in [3.8, 4) is 0 Å². The molecule has 1 aliphatic rings. The zero-order chi connectivity index (χ0) is 20.4. The van der Waals surface area contributed by atoms with E-state index in [1.165, 1.54) is 33.8 Å². The molecule has 2 aromatic rings. The van der Waals surface area contributed by atoms with Gasteiger partial charge in [0.15, 0.2) is 0 Å². The van der Waals surface area contributed by atoms with Gasteiger partial charge < -0.3 is 0 Å². The molecule has 28 heavy (non-hydrogen) atoms. The van der Waals surface area contributed by atoms with Gasteiger partial charge >= 0.3 is 0 Å². The molecule has 4 heteroatoms.